The van der Waals surface area contributed by atoms with Crippen molar-refractivity contribution >= 4 is 19.7 Å². The molecule has 6 atom stereocenters. The highest BCUT2D eigenvalue weighted by atomic mass is 31.2. The van der Waals surface area contributed by atoms with Gasteiger partial charge in [-0.2, -0.15) is 5.09 Å². The predicted molar refractivity (Wildman–Crippen MR) is 117 cm³/mol. The Kier molecular flexibility index (Phi) is 8.47. The van der Waals surface area contributed by atoms with Crippen molar-refractivity contribution in [2.75, 3.05) is 13.7 Å². The standard InChI is InChI=1S/C21H27N2O10P/c1-13(21(28)30-2)22-34(29,33-15-8-4-3-5-9-15)31-12-16-17(24)18(25)19(32-16)23-10-6-7-14(11-23)20(26)27/h3-6,8-11,13,16-19,24-25H,7,12H2,1-2H3,(H,22,29)(H,26,27)/t13-,16+,17+,18+,19+,34?/m0/s1. The van der Waals surface area contributed by atoms with Crippen LogP contribution in [0.2, 0.25) is 0 Å². The van der Waals surface area contributed by atoms with E-state index in [0.29, 0.717) is 0 Å². The van der Waals surface area contributed by atoms with Crippen LogP contribution >= 0.6 is 7.75 Å². The van der Waals surface area contributed by atoms with Crippen molar-refractivity contribution in [3.63, 3.8) is 0 Å². The summed E-state index contributed by atoms with van der Waals surface area (Å²) < 4.78 is 34.7. The highest BCUT2D eigenvalue weighted by Crippen LogP contribution is 2.45. The van der Waals surface area contributed by atoms with Gasteiger partial charge in [-0.1, -0.05) is 24.3 Å². The fourth-order valence-electron chi connectivity index (χ4n) is 3.34. The first-order valence-electron chi connectivity index (χ1n) is 10.4. The number of nitrogens with one attached hydrogen (secondary N) is 1. The van der Waals surface area contributed by atoms with Crippen LogP contribution in [0.5, 0.6) is 5.75 Å². The first-order chi connectivity index (χ1) is 16.1. The van der Waals surface area contributed by atoms with Crippen LogP contribution in [0, 0.1) is 0 Å². The molecule has 13 heteroatoms. The van der Waals surface area contributed by atoms with E-state index >= 15 is 0 Å². The summed E-state index contributed by atoms with van der Waals surface area (Å²) in [7, 11) is -3.00. The van der Waals surface area contributed by atoms with Gasteiger partial charge in [0.15, 0.2) is 6.23 Å². The van der Waals surface area contributed by atoms with Gasteiger partial charge >= 0.3 is 19.7 Å². The van der Waals surface area contributed by atoms with Gasteiger partial charge in [-0.15, -0.1) is 0 Å². The molecule has 1 saturated heterocycles. The number of carbonyl (C=O) groups is 2. The molecule has 0 saturated carbocycles. The summed E-state index contributed by atoms with van der Waals surface area (Å²) in [5, 5.41) is 32.6. The van der Waals surface area contributed by atoms with E-state index in [1.54, 1.807) is 24.3 Å². The van der Waals surface area contributed by atoms with Gasteiger partial charge in [-0.3, -0.25) is 9.32 Å². The lowest BCUT2D eigenvalue weighted by Crippen LogP contribution is -2.40. The van der Waals surface area contributed by atoms with Gasteiger partial charge < -0.3 is 34.2 Å². The number of hydrogen-bond donors (Lipinski definition) is 4. The van der Waals surface area contributed by atoms with Crippen molar-refractivity contribution in [1.29, 1.82) is 0 Å². The number of aliphatic hydroxyl groups excluding tert-OH is 2. The van der Waals surface area contributed by atoms with Crippen LogP contribution in [-0.4, -0.2) is 76.5 Å². The number of methoxy groups -OCH3 is 1. The average Bonchev–Trinajstić information content (AvgIpc) is 3.11. The molecule has 2 aliphatic heterocycles. The molecule has 1 unspecified atom stereocenters. The number of benzene rings is 1. The highest BCUT2D eigenvalue weighted by Gasteiger charge is 2.46. The Morgan fingerprint density at radius 1 is 1.26 bits per heavy atom. The quantitative estimate of drug-likeness (QED) is 0.267. The van der Waals surface area contributed by atoms with E-state index in [1.807, 2.05) is 0 Å². The van der Waals surface area contributed by atoms with Gasteiger partial charge in [0.1, 0.15) is 30.1 Å². The van der Waals surface area contributed by atoms with Gasteiger partial charge in [0.2, 0.25) is 0 Å². The fraction of sp³-hybridized carbons (Fsp3) is 0.429. The molecule has 2 heterocycles. The first kappa shape index (κ1) is 25.9. The third kappa shape index (κ3) is 6.23. The Hall–Kier alpha value is -2.73. The minimum atomic E-state index is -4.18. The Bertz CT molecular complexity index is 985. The molecule has 0 aromatic heterocycles. The number of hydrogen-bond acceptors (Lipinski definition) is 10. The average molecular weight is 498 g/mol. The number of carboxylic acid groups (broad SMARTS) is 1. The number of aliphatic carboxylic acids is 1. The zero-order chi connectivity index (χ0) is 24.9. The monoisotopic (exact) mass is 498 g/mol. The van der Waals surface area contributed by atoms with E-state index in [0.717, 1.165) is 0 Å². The number of para-hydroxylation sites is 1. The van der Waals surface area contributed by atoms with Crippen LogP contribution in [0.4, 0.5) is 0 Å². The number of aliphatic hydroxyl groups is 2. The van der Waals surface area contributed by atoms with Crippen molar-refractivity contribution < 1.29 is 48.0 Å². The van der Waals surface area contributed by atoms with Crippen LogP contribution < -0.4 is 9.61 Å². The van der Waals surface area contributed by atoms with E-state index in [2.05, 4.69) is 9.82 Å². The number of nitrogens with zero attached hydrogens (tertiary/aromatic N) is 1. The Morgan fingerprint density at radius 2 is 1.97 bits per heavy atom. The smallest absolute Gasteiger partial charge is 0.459 e. The minimum absolute atomic E-state index is 0.0780. The summed E-state index contributed by atoms with van der Waals surface area (Å²) in [5.41, 5.74) is 0.0780. The van der Waals surface area contributed by atoms with E-state index in [-0.39, 0.29) is 17.7 Å². The molecule has 1 aromatic carbocycles. The lowest BCUT2D eigenvalue weighted by atomic mass is 10.1. The molecule has 2 aliphatic rings. The van der Waals surface area contributed by atoms with Crippen LogP contribution in [-0.2, 0) is 28.2 Å². The third-order valence-corrected chi connectivity index (χ3v) is 6.75. The van der Waals surface area contributed by atoms with E-state index in [1.165, 1.54) is 43.5 Å². The van der Waals surface area contributed by atoms with Crippen molar-refractivity contribution in [2.24, 2.45) is 0 Å². The molecule has 0 amide bonds. The molecule has 34 heavy (non-hydrogen) atoms. The van der Waals surface area contributed by atoms with E-state index in [4.69, 9.17) is 13.8 Å². The van der Waals surface area contributed by atoms with Gasteiger partial charge in [-0.05, 0) is 19.1 Å². The van der Waals surface area contributed by atoms with Crippen molar-refractivity contribution in [3.05, 3.63) is 54.4 Å². The zero-order valence-electron chi connectivity index (χ0n) is 18.5. The first-order valence-corrected chi connectivity index (χ1v) is 11.9. The molecule has 0 radical (unpaired) electrons. The number of carbonyl (C=O) groups excluding carboxylic acids is 1. The van der Waals surface area contributed by atoms with Crippen molar-refractivity contribution in [1.82, 2.24) is 9.99 Å². The second-order valence-electron chi connectivity index (χ2n) is 7.61. The number of esters is 1. The normalized spacial score (nSPS) is 26.9. The molecular formula is C21H27N2O10P. The summed E-state index contributed by atoms with van der Waals surface area (Å²) in [6.45, 7) is 0.929. The Morgan fingerprint density at radius 3 is 2.62 bits per heavy atom. The largest absolute Gasteiger partial charge is 0.478 e. The summed E-state index contributed by atoms with van der Waals surface area (Å²) in [5.74, 6) is -1.62. The minimum Gasteiger partial charge on any atom is -0.478 e. The summed E-state index contributed by atoms with van der Waals surface area (Å²) in [4.78, 5) is 24.4. The second-order valence-corrected chi connectivity index (χ2v) is 9.31. The van der Waals surface area contributed by atoms with Crippen molar-refractivity contribution in [3.8, 4) is 5.75 Å². The highest BCUT2D eigenvalue weighted by molar-refractivity contribution is 7.52. The van der Waals surface area contributed by atoms with Gasteiger partial charge in [-0.25, -0.2) is 9.36 Å². The molecule has 186 valence electrons. The SMILES string of the molecule is COC(=O)[C@H](C)NP(=O)(OC[C@H]1O[C@@H](N2C=CCC(C(=O)O)=C2)[C@H](O)[C@@H]1O)Oc1ccccc1. The molecule has 0 aliphatic carbocycles. The van der Waals surface area contributed by atoms with Crippen LogP contribution in [0.15, 0.2) is 54.4 Å². The Balaban J connectivity index is 1.72. The number of carboxylic acids is 1. The van der Waals surface area contributed by atoms with Gasteiger partial charge in [0.25, 0.3) is 0 Å². The van der Waals surface area contributed by atoms with Gasteiger partial charge in [0.05, 0.1) is 19.3 Å². The maximum atomic E-state index is 13.4. The molecule has 1 fully saturated rings. The van der Waals surface area contributed by atoms with E-state index < -0.39 is 56.9 Å². The molecule has 0 bridgehead atoms. The van der Waals surface area contributed by atoms with Crippen LogP contribution in [0.1, 0.15) is 13.3 Å². The fourth-order valence-corrected chi connectivity index (χ4v) is 4.84. The summed E-state index contributed by atoms with van der Waals surface area (Å²) >= 11 is 0. The second kappa shape index (κ2) is 11.1. The predicted octanol–water partition coefficient (Wildman–Crippen LogP) is 0.976. The summed E-state index contributed by atoms with van der Waals surface area (Å²) in [6, 6.07) is 7.06. The molecule has 1 aromatic rings. The molecule has 3 rings (SSSR count). The Labute approximate surface area is 196 Å². The van der Waals surface area contributed by atoms with Gasteiger partial charge in [0, 0.05) is 18.8 Å². The number of allylic oxidation sites excluding steroid dienone is 1. The van der Waals surface area contributed by atoms with Crippen LogP contribution in [0.3, 0.4) is 0 Å². The van der Waals surface area contributed by atoms with Crippen molar-refractivity contribution in [2.45, 2.75) is 43.9 Å². The number of ether oxygens (including phenoxy) is 2. The lowest BCUT2D eigenvalue weighted by molar-refractivity contribution is -0.142. The molecule has 4 N–H and O–H groups in total. The lowest BCUT2D eigenvalue weighted by Gasteiger charge is -2.28. The molecule has 12 nitrogen and oxygen atoms in total. The molecule has 0 spiro atoms. The van der Waals surface area contributed by atoms with Crippen LogP contribution in [0.25, 0.3) is 0 Å². The zero-order valence-corrected chi connectivity index (χ0v) is 19.4. The maximum Gasteiger partial charge on any atom is 0.459 e. The third-order valence-electron chi connectivity index (χ3n) is 5.11. The maximum absolute atomic E-state index is 13.4. The summed E-state index contributed by atoms with van der Waals surface area (Å²) in [6.07, 6.45) is -0.493. The molecular weight excluding hydrogens is 471 g/mol. The van der Waals surface area contributed by atoms with E-state index in [9.17, 15) is 29.5 Å². The number of rotatable bonds is 10. The topological polar surface area (TPSA) is 164 Å².